The Morgan fingerprint density at radius 3 is 2.76 bits per heavy atom. The average Bonchev–Trinajstić information content (AvgIpc) is 2.64. The monoisotopic (exact) mass is 233 g/mol. The van der Waals surface area contributed by atoms with E-state index in [9.17, 15) is 4.79 Å². The SMILES string of the molecule is O=C1CCC(c2ccc3c(c2)OCCCO3)N1. The molecule has 90 valence electrons. The third-order valence-corrected chi connectivity index (χ3v) is 3.17. The zero-order valence-corrected chi connectivity index (χ0v) is 9.57. The molecule has 2 heterocycles. The van der Waals surface area contributed by atoms with Gasteiger partial charge >= 0.3 is 0 Å². The quantitative estimate of drug-likeness (QED) is 0.804. The summed E-state index contributed by atoms with van der Waals surface area (Å²) in [5, 5.41) is 2.96. The smallest absolute Gasteiger partial charge is 0.220 e. The zero-order valence-electron chi connectivity index (χ0n) is 9.57. The summed E-state index contributed by atoms with van der Waals surface area (Å²) in [6, 6.07) is 6.04. The van der Waals surface area contributed by atoms with Gasteiger partial charge in [-0.05, 0) is 24.1 Å². The maximum atomic E-state index is 11.2. The van der Waals surface area contributed by atoms with Crippen molar-refractivity contribution in [3.05, 3.63) is 23.8 Å². The average molecular weight is 233 g/mol. The van der Waals surface area contributed by atoms with Crippen molar-refractivity contribution in [3.63, 3.8) is 0 Å². The Bertz CT molecular complexity index is 444. The van der Waals surface area contributed by atoms with Crippen LogP contribution in [0.4, 0.5) is 0 Å². The van der Waals surface area contributed by atoms with Crippen LogP contribution in [0.15, 0.2) is 18.2 Å². The van der Waals surface area contributed by atoms with Gasteiger partial charge in [0.2, 0.25) is 5.91 Å². The lowest BCUT2D eigenvalue weighted by Gasteiger charge is -2.13. The Labute approximate surface area is 99.9 Å². The van der Waals surface area contributed by atoms with E-state index in [1.54, 1.807) is 0 Å². The molecule has 0 saturated carbocycles. The van der Waals surface area contributed by atoms with Crippen molar-refractivity contribution >= 4 is 5.91 Å². The van der Waals surface area contributed by atoms with Gasteiger partial charge in [0.05, 0.1) is 19.3 Å². The predicted molar refractivity (Wildman–Crippen MR) is 62.2 cm³/mol. The second-order valence-electron chi connectivity index (χ2n) is 4.42. The van der Waals surface area contributed by atoms with Crippen LogP contribution in [0, 0.1) is 0 Å². The third-order valence-electron chi connectivity index (χ3n) is 3.17. The highest BCUT2D eigenvalue weighted by molar-refractivity contribution is 5.78. The van der Waals surface area contributed by atoms with Gasteiger partial charge in [-0.15, -0.1) is 0 Å². The first-order valence-corrected chi connectivity index (χ1v) is 6.02. The Morgan fingerprint density at radius 1 is 1.18 bits per heavy atom. The minimum absolute atomic E-state index is 0.125. The second kappa shape index (κ2) is 4.28. The number of carbonyl (C=O) groups is 1. The fraction of sp³-hybridized carbons (Fsp3) is 0.462. The van der Waals surface area contributed by atoms with E-state index < -0.39 is 0 Å². The normalized spacial score (nSPS) is 23.1. The summed E-state index contributed by atoms with van der Waals surface area (Å²) in [6.45, 7) is 1.39. The molecule has 1 amide bonds. The van der Waals surface area contributed by atoms with Gasteiger partial charge in [0, 0.05) is 12.8 Å². The fourth-order valence-corrected chi connectivity index (χ4v) is 2.26. The van der Waals surface area contributed by atoms with E-state index in [-0.39, 0.29) is 11.9 Å². The minimum Gasteiger partial charge on any atom is -0.490 e. The molecule has 4 nitrogen and oxygen atoms in total. The number of hydrogen-bond donors (Lipinski definition) is 1. The number of hydrogen-bond acceptors (Lipinski definition) is 3. The van der Waals surface area contributed by atoms with Crippen LogP contribution in [0.25, 0.3) is 0 Å². The highest BCUT2D eigenvalue weighted by Gasteiger charge is 2.23. The summed E-state index contributed by atoms with van der Waals surface area (Å²) in [5.41, 5.74) is 1.10. The summed E-state index contributed by atoms with van der Waals surface area (Å²) >= 11 is 0. The number of ether oxygens (including phenoxy) is 2. The summed E-state index contributed by atoms with van der Waals surface area (Å²) in [4.78, 5) is 11.2. The van der Waals surface area contributed by atoms with Crippen molar-refractivity contribution in [1.29, 1.82) is 0 Å². The molecular weight excluding hydrogens is 218 g/mol. The molecule has 1 aromatic carbocycles. The first-order chi connectivity index (χ1) is 8.33. The zero-order chi connectivity index (χ0) is 11.7. The van der Waals surface area contributed by atoms with Gasteiger partial charge in [0.25, 0.3) is 0 Å². The molecule has 1 N–H and O–H groups in total. The molecule has 3 rings (SSSR count). The number of amides is 1. The molecule has 1 aromatic rings. The van der Waals surface area contributed by atoms with Gasteiger partial charge in [-0.2, -0.15) is 0 Å². The number of rotatable bonds is 1. The van der Waals surface area contributed by atoms with Gasteiger partial charge in [0.15, 0.2) is 11.5 Å². The maximum Gasteiger partial charge on any atom is 0.220 e. The minimum atomic E-state index is 0.125. The molecule has 1 fully saturated rings. The van der Waals surface area contributed by atoms with E-state index in [0.717, 1.165) is 29.9 Å². The van der Waals surface area contributed by atoms with Crippen molar-refractivity contribution in [2.75, 3.05) is 13.2 Å². The summed E-state index contributed by atoms with van der Waals surface area (Å²) in [6.07, 6.45) is 2.38. The Balaban J connectivity index is 1.87. The summed E-state index contributed by atoms with van der Waals surface area (Å²) < 4.78 is 11.2. The Kier molecular flexibility index (Phi) is 2.63. The number of nitrogens with one attached hydrogen (secondary N) is 1. The summed E-state index contributed by atoms with van der Waals surface area (Å²) in [7, 11) is 0. The molecule has 0 aliphatic carbocycles. The fourth-order valence-electron chi connectivity index (χ4n) is 2.26. The molecule has 1 atom stereocenters. The molecule has 2 aliphatic rings. The molecule has 2 aliphatic heterocycles. The first kappa shape index (κ1) is 10.4. The van der Waals surface area contributed by atoms with E-state index in [0.29, 0.717) is 19.6 Å². The molecule has 17 heavy (non-hydrogen) atoms. The molecular formula is C13H15NO3. The van der Waals surface area contributed by atoms with Crippen LogP contribution in [-0.2, 0) is 4.79 Å². The van der Waals surface area contributed by atoms with E-state index in [2.05, 4.69) is 5.32 Å². The van der Waals surface area contributed by atoms with Crippen molar-refractivity contribution in [2.24, 2.45) is 0 Å². The molecule has 4 heteroatoms. The predicted octanol–water partition coefficient (Wildman–Crippen LogP) is 1.80. The molecule has 1 saturated heterocycles. The van der Waals surface area contributed by atoms with E-state index in [1.807, 2.05) is 18.2 Å². The van der Waals surface area contributed by atoms with Crippen molar-refractivity contribution in [2.45, 2.75) is 25.3 Å². The van der Waals surface area contributed by atoms with Crippen molar-refractivity contribution in [3.8, 4) is 11.5 Å². The number of benzene rings is 1. The van der Waals surface area contributed by atoms with Crippen molar-refractivity contribution < 1.29 is 14.3 Å². The lowest BCUT2D eigenvalue weighted by molar-refractivity contribution is -0.119. The molecule has 0 radical (unpaired) electrons. The Morgan fingerprint density at radius 2 is 2.00 bits per heavy atom. The molecule has 0 aromatic heterocycles. The molecule has 0 bridgehead atoms. The second-order valence-corrected chi connectivity index (χ2v) is 4.42. The largest absolute Gasteiger partial charge is 0.490 e. The van der Waals surface area contributed by atoms with Gasteiger partial charge in [-0.1, -0.05) is 6.07 Å². The first-order valence-electron chi connectivity index (χ1n) is 6.02. The van der Waals surface area contributed by atoms with Crippen LogP contribution in [0.1, 0.15) is 30.9 Å². The lowest BCUT2D eigenvalue weighted by atomic mass is 10.0. The van der Waals surface area contributed by atoms with Crippen LogP contribution in [-0.4, -0.2) is 19.1 Å². The molecule has 0 spiro atoms. The van der Waals surface area contributed by atoms with Gasteiger partial charge in [-0.25, -0.2) is 0 Å². The van der Waals surface area contributed by atoms with Gasteiger partial charge in [-0.3, -0.25) is 4.79 Å². The summed E-state index contributed by atoms with van der Waals surface area (Å²) in [5.74, 6) is 1.72. The highest BCUT2D eigenvalue weighted by atomic mass is 16.5. The van der Waals surface area contributed by atoms with Crippen molar-refractivity contribution in [1.82, 2.24) is 5.32 Å². The Hall–Kier alpha value is -1.71. The lowest BCUT2D eigenvalue weighted by Crippen LogP contribution is -2.18. The molecule has 1 unspecified atom stereocenters. The highest BCUT2D eigenvalue weighted by Crippen LogP contribution is 2.34. The van der Waals surface area contributed by atoms with Crippen LogP contribution >= 0.6 is 0 Å². The topological polar surface area (TPSA) is 47.6 Å². The van der Waals surface area contributed by atoms with Crippen LogP contribution < -0.4 is 14.8 Å². The van der Waals surface area contributed by atoms with Crippen LogP contribution in [0.5, 0.6) is 11.5 Å². The van der Waals surface area contributed by atoms with E-state index in [1.165, 1.54) is 0 Å². The van der Waals surface area contributed by atoms with E-state index in [4.69, 9.17) is 9.47 Å². The standard InChI is InChI=1S/C13H15NO3/c15-13-5-3-10(14-13)9-2-4-11-12(8-9)17-7-1-6-16-11/h2,4,8,10H,1,3,5-7H2,(H,14,15). The van der Waals surface area contributed by atoms with Crippen LogP contribution in [0.3, 0.4) is 0 Å². The van der Waals surface area contributed by atoms with E-state index >= 15 is 0 Å². The van der Waals surface area contributed by atoms with Gasteiger partial charge < -0.3 is 14.8 Å². The third kappa shape index (κ3) is 2.07. The van der Waals surface area contributed by atoms with Crippen LogP contribution in [0.2, 0.25) is 0 Å². The number of carbonyl (C=O) groups excluding carboxylic acids is 1. The maximum absolute atomic E-state index is 11.2. The van der Waals surface area contributed by atoms with Gasteiger partial charge in [0.1, 0.15) is 0 Å². The number of fused-ring (bicyclic) bond motifs is 1.